The lowest BCUT2D eigenvalue weighted by Gasteiger charge is -2.18. The molecular weight excluding hydrogens is 427 g/mol. The Morgan fingerprint density at radius 2 is 1.75 bits per heavy atom. The van der Waals surface area contributed by atoms with Gasteiger partial charge in [0.2, 0.25) is 0 Å². The molecule has 10 heteroatoms. The van der Waals surface area contributed by atoms with Gasteiger partial charge in [0.05, 0.1) is 22.4 Å². The Hall–Kier alpha value is -3.40. The van der Waals surface area contributed by atoms with E-state index in [1.165, 1.54) is 42.3 Å². The quantitative estimate of drug-likeness (QED) is 0.516. The van der Waals surface area contributed by atoms with E-state index in [1.54, 1.807) is 14.1 Å². The van der Waals surface area contributed by atoms with Crippen LogP contribution >= 0.6 is 0 Å². The number of ether oxygens (including phenoxy) is 1. The standard InChI is InChI=1S/C22H22F3N3O4/c1-27(2)14-6-8-18(17(12-14)22(23,24)25)26-19(29)13-5-7-15-16(11-13)21(31)28(20(15)30)9-4-10-32-3/h5-8,11-12H,4,9-10H2,1-3H3,(H,26,29). The van der Waals surface area contributed by atoms with Gasteiger partial charge in [0, 0.05) is 45.6 Å². The number of methoxy groups -OCH3 is 1. The molecule has 0 aliphatic carbocycles. The van der Waals surface area contributed by atoms with Gasteiger partial charge in [-0.15, -0.1) is 0 Å². The van der Waals surface area contributed by atoms with Crippen LogP contribution in [0.25, 0.3) is 0 Å². The monoisotopic (exact) mass is 449 g/mol. The third-order valence-corrected chi connectivity index (χ3v) is 5.04. The van der Waals surface area contributed by atoms with Crippen LogP contribution in [0.5, 0.6) is 0 Å². The number of carbonyl (C=O) groups excluding carboxylic acids is 3. The van der Waals surface area contributed by atoms with Gasteiger partial charge in [-0.1, -0.05) is 0 Å². The van der Waals surface area contributed by atoms with Gasteiger partial charge < -0.3 is 15.0 Å². The largest absolute Gasteiger partial charge is 0.418 e. The fourth-order valence-corrected chi connectivity index (χ4v) is 3.35. The Labute approximate surface area is 182 Å². The second-order valence-electron chi connectivity index (χ2n) is 7.44. The van der Waals surface area contributed by atoms with Crippen molar-refractivity contribution < 1.29 is 32.3 Å². The smallest absolute Gasteiger partial charge is 0.385 e. The highest BCUT2D eigenvalue weighted by Crippen LogP contribution is 2.37. The van der Waals surface area contributed by atoms with Gasteiger partial charge in [-0.25, -0.2) is 0 Å². The summed E-state index contributed by atoms with van der Waals surface area (Å²) >= 11 is 0. The van der Waals surface area contributed by atoms with Crippen molar-refractivity contribution in [3.05, 3.63) is 58.7 Å². The summed E-state index contributed by atoms with van der Waals surface area (Å²) in [4.78, 5) is 40.3. The molecule has 32 heavy (non-hydrogen) atoms. The zero-order valence-electron chi connectivity index (χ0n) is 17.7. The van der Waals surface area contributed by atoms with Gasteiger partial charge in [-0.2, -0.15) is 13.2 Å². The van der Waals surface area contributed by atoms with E-state index < -0.39 is 35.1 Å². The maximum atomic E-state index is 13.5. The van der Waals surface area contributed by atoms with Crippen molar-refractivity contribution in [1.82, 2.24) is 4.90 Å². The van der Waals surface area contributed by atoms with Crippen LogP contribution in [0.1, 0.15) is 43.1 Å². The lowest BCUT2D eigenvalue weighted by molar-refractivity contribution is -0.136. The molecule has 3 rings (SSSR count). The highest BCUT2D eigenvalue weighted by molar-refractivity contribution is 6.22. The zero-order chi connectivity index (χ0) is 23.6. The molecule has 0 radical (unpaired) electrons. The highest BCUT2D eigenvalue weighted by Gasteiger charge is 2.37. The van der Waals surface area contributed by atoms with E-state index in [-0.39, 0.29) is 23.2 Å². The third-order valence-electron chi connectivity index (χ3n) is 5.04. The first-order chi connectivity index (χ1) is 15.0. The minimum absolute atomic E-state index is 0.0338. The van der Waals surface area contributed by atoms with E-state index >= 15 is 0 Å². The maximum absolute atomic E-state index is 13.5. The number of carbonyl (C=O) groups is 3. The van der Waals surface area contributed by atoms with Gasteiger partial charge in [0.15, 0.2) is 0 Å². The van der Waals surface area contributed by atoms with E-state index in [0.717, 1.165) is 11.0 Å². The van der Waals surface area contributed by atoms with Gasteiger partial charge >= 0.3 is 6.18 Å². The second kappa shape index (κ2) is 8.99. The minimum Gasteiger partial charge on any atom is -0.385 e. The first-order valence-electron chi connectivity index (χ1n) is 9.73. The summed E-state index contributed by atoms with van der Waals surface area (Å²) in [6.07, 6.45) is -4.23. The molecule has 170 valence electrons. The fraction of sp³-hybridized carbons (Fsp3) is 0.318. The van der Waals surface area contributed by atoms with Crippen molar-refractivity contribution in [2.24, 2.45) is 0 Å². The summed E-state index contributed by atoms with van der Waals surface area (Å²) in [5, 5.41) is 2.27. The van der Waals surface area contributed by atoms with Crippen molar-refractivity contribution in [1.29, 1.82) is 0 Å². The molecule has 0 unspecified atom stereocenters. The molecule has 1 aliphatic rings. The summed E-state index contributed by atoms with van der Waals surface area (Å²) in [6.45, 7) is 0.532. The Morgan fingerprint density at radius 1 is 1.06 bits per heavy atom. The number of anilines is 2. The summed E-state index contributed by atoms with van der Waals surface area (Å²) in [6, 6.07) is 7.43. The summed E-state index contributed by atoms with van der Waals surface area (Å²) in [5.74, 6) is -1.86. The Balaban J connectivity index is 1.86. The molecule has 2 aromatic carbocycles. The second-order valence-corrected chi connectivity index (χ2v) is 7.44. The Kier molecular flexibility index (Phi) is 6.54. The van der Waals surface area contributed by atoms with Gasteiger partial charge in [-0.05, 0) is 42.8 Å². The zero-order valence-corrected chi connectivity index (χ0v) is 17.7. The molecule has 0 bridgehead atoms. The van der Waals surface area contributed by atoms with E-state index in [4.69, 9.17) is 4.74 Å². The van der Waals surface area contributed by atoms with Crippen LogP contribution in [-0.4, -0.2) is 57.0 Å². The average Bonchev–Trinajstić information content (AvgIpc) is 2.97. The summed E-state index contributed by atoms with van der Waals surface area (Å²) in [5.41, 5.74) is -0.917. The van der Waals surface area contributed by atoms with E-state index in [1.807, 2.05) is 0 Å². The number of fused-ring (bicyclic) bond motifs is 1. The first-order valence-corrected chi connectivity index (χ1v) is 9.73. The number of imide groups is 1. The number of halogens is 3. The molecule has 0 spiro atoms. The van der Waals surface area contributed by atoms with Crippen molar-refractivity contribution in [2.45, 2.75) is 12.6 Å². The molecule has 2 aromatic rings. The number of hydrogen-bond donors (Lipinski definition) is 1. The number of alkyl halides is 3. The lowest BCUT2D eigenvalue weighted by atomic mass is 10.0. The van der Waals surface area contributed by atoms with Crippen LogP contribution in [0.3, 0.4) is 0 Å². The topological polar surface area (TPSA) is 79.0 Å². The number of nitrogens with zero attached hydrogens (tertiary/aromatic N) is 2. The highest BCUT2D eigenvalue weighted by atomic mass is 19.4. The number of hydrogen-bond acceptors (Lipinski definition) is 5. The molecule has 0 aromatic heterocycles. The van der Waals surface area contributed by atoms with Crippen molar-refractivity contribution in [2.75, 3.05) is 44.6 Å². The molecular formula is C22H22F3N3O4. The Morgan fingerprint density at radius 3 is 2.38 bits per heavy atom. The fourth-order valence-electron chi connectivity index (χ4n) is 3.35. The predicted octanol–water partition coefficient (Wildman–Crippen LogP) is 3.66. The van der Waals surface area contributed by atoms with Crippen molar-refractivity contribution in [3.63, 3.8) is 0 Å². The van der Waals surface area contributed by atoms with Crippen LogP contribution in [0.2, 0.25) is 0 Å². The molecule has 7 nitrogen and oxygen atoms in total. The van der Waals surface area contributed by atoms with Gasteiger partial charge in [0.1, 0.15) is 0 Å². The van der Waals surface area contributed by atoms with Crippen LogP contribution < -0.4 is 10.2 Å². The molecule has 0 fully saturated rings. The van der Waals surface area contributed by atoms with Crippen LogP contribution in [0.4, 0.5) is 24.5 Å². The van der Waals surface area contributed by atoms with Crippen LogP contribution in [0.15, 0.2) is 36.4 Å². The number of rotatable bonds is 7. The molecule has 0 saturated heterocycles. The minimum atomic E-state index is -4.68. The summed E-state index contributed by atoms with van der Waals surface area (Å²) in [7, 11) is 4.72. The van der Waals surface area contributed by atoms with Crippen molar-refractivity contribution in [3.8, 4) is 0 Å². The molecule has 3 amide bonds. The first kappa shape index (κ1) is 23.3. The lowest BCUT2D eigenvalue weighted by Crippen LogP contribution is -2.31. The van der Waals surface area contributed by atoms with E-state index in [9.17, 15) is 27.6 Å². The number of benzene rings is 2. The average molecular weight is 449 g/mol. The maximum Gasteiger partial charge on any atom is 0.418 e. The predicted molar refractivity (Wildman–Crippen MR) is 112 cm³/mol. The van der Waals surface area contributed by atoms with E-state index in [2.05, 4.69) is 5.32 Å². The number of nitrogens with one attached hydrogen (secondary N) is 1. The molecule has 1 aliphatic heterocycles. The summed E-state index contributed by atoms with van der Waals surface area (Å²) < 4.78 is 45.5. The van der Waals surface area contributed by atoms with Crippen molar-refractivity contribution >= 4 is 29.1 Å². The SMILES string of the molecule is COCCCN1C(=O)c2ccc(C(=O)Nc3ccc(N(C)C)cc3C(F)(F)F)cc2C1=O. The van der Waals surface area contributed by atoms with E-state index in [0.29, 0.717) is 18.7 Å². The van der Waals surface area contributed by atoms with Gasteiger partial charge in [-0.3, -0.25) is 19.3 Å². The Bertz CT molecular complexity index is 1070. The number of amides is 3. The molecule has 0 saturated carbocycles. The molecule has 1 heterocycles. The molecule has 0 atom stereocenters. The van der Waals surface area contributed by atoms with Crippen LogP contribution in [0, 0.1) is 0 Å². The molecule has 1 N–H and O–H groups in total. The van der Waals surface area contributed by atoms with Gasteiger partial charge in [0.25, 0.3) is 17.7 Å². The normalized spacial score (nSPS) is 13.4. The third kappa shape index (κ3) is 4.59. The van der Waals surface area contributed by atoms with Crippen LogP contribution in [-0.2, 0) is 10.9 Å².